The molecular weight excluding hydrogens is 314 g/mol. The summed E-state index contributed by atoms with van der Waals surface area (Å²) in [6.07, 6.45) is 8.95. The SMILES string of the molecule is O=C(O)[C@@H]1CN(Cc2cncn2C2CCCC2)C[C@H]1c1ccccc1. The van der Waals surface area contributed by atoms with Crippen LogP contribution in [0, 0.1) is 5.92 Å². The minimum atomic E-state index is -0.694. The summed E-state index contributed by atoms with van der Waals surface area (Å²) in [5, 5.41) is 9.67. The van der Waals surface area contributed by atoms with Gasteiger partial charge in [0.2, 0.25) is 0 Å². The molecule has 1 aliphatic carbocycles. The minimum Gasteiger partial charge on any atom is -0.481 e. The second-order valence-corrected chi connectivity index (χ2v) is 7.39. The van der Waals surface area contributed by atoms with Gasteiger partial charge in [-0.2, -0.15) is 0 Å². The monoisotopic (exact) mass is 339 g/mol. The average molecular weight is 339 g/mol. The molecule has 2 aliphatic rings. The predicted molar refractivity (Wildman–Crippen MR) is 95.3 cm³/mol. The molecule has 4 rings (SSSR count). The van der Waals surface area contributed by atoms with Crippen LogP contribution in [0.1, 0.15) is 48.9 Å². The second kappa shape index (κ2) is 7.00. The molecule has 2 atom stereocenters. The van der Waals surface area contributed by atoms with Crippen LogP contribution in [-0.2, 0) is 11.3 Å². The summed E-state index contributed by atoms with van der Waals surface area (Å²) >= 11 is 0. The van der Waals surface area contributed by atoms with Gasteiger partial charge in [0.1, 0.15) is 0 Å². The third-order valence-corrected chi connectivity index (χ3v) is 5.79. The van der Waals surface area contributed by atoms with Gasteiger partial charge in [-0.05, 0) is 18.4 Å². The quantitative estimate of drug-likeness (QED) is 0.908. The Labute approximate surface area is 148 Å². The lowest BCUT2D eigenvalue weighted by Crippen LogP contribution is -2.24. The Morgan fingerprint density at radius 1 is 1.16 bits per heavy atom. The second-order valence-electron chi connectivity index (χ2n) is 7.39. The number of aromatic nitrogens is 2. The van der Waals surface area contributed by atoms with E-state index in [1.54, 1.807) is 0 Å². The van der Waals surface area contributed by atoms with Crippen molar-refractivity contribution in [2.75, 3.05) is 13.1 Å². The summed E-state index contributed by atoms with van der Waals surface area (Å²) in [6, 6.07) is 10.6. The van der Waals surface area contributed by atoms with Crippen LogP contribution in [0.3, 0.4) is 0 Å². The molecule has 132 valence electrons. The first kappa shape index (κ1) is 16.3. The van der Waals surface area contributed by atoms with Gasteiger partial charge in [-0.1, -0.05) is 43.2 Å². The largest absolute Gasteiger partial charge is 0.481 e. The first-order valence-corrected chi connectivity index (χ1v) is 9.23. The molecule has 1 saturated heterocycles. The maximum atomic E-state index is 11.8. The van der Waals surface area contributed by atoms with Crippen molar-refractivity contribution in [2.24, 2.45) is 5.92 Å². The maximum absolute atomic E-state index is 11.8. The average Bonchev–Trinajstić information content (AvgIpc) is 3.36. The molecule has 25 heavy (non-hydrogen) atoms. The summed E-state index contributed by atoms with van der Waals surface area (Å²) in [5.74, 6) is -0.979. The lowest BCUT2D eigenvalue weighted by molar-refractivity contribution is -0.141. The molecule has 5 heteroatoms. The molecule has 0 amide bonds. The fourth-order valence-corrected chi connectivity index (χ4v) is 4.50. The Morgan fingerprint density at radius 2 is 1.92 bits per heavy atom. The number of aliphatic carboxylic acids is 1. The molecule has 1 N–H and O–H groups in total. The maximum Gasteiger partial charge on any atom is 0.308 e. The number of carboxylic acids is 1. The molecule has 2 fully saturated rings. The highest BCUT2D eigenvalue weighted by atomic mass is 16.4. The summed E-state index contributed by atoms with van der Waals surface area (Å²) in [6.45, 7) is 2.17. The number of carbonyl (C=O) groups is 1. The fraction of sp³-hybridized carbons (Fsp3) is 0.500. The number of rotatable bonds is 5. The lowest BCUT2D eigenvalue weighted by Gasteiger charge is -2.20. The normalized spacial score (nSPS) is 24.8. The minimum absolute atomic E-state index is 0.0570. The molecule has 2 heterocycles. The van der Waals surface area contributed by atoms with Crippen LogP contribution >= 0.6 is 0 Å². The molecule has 0 spiro atoms. The standard InChI is InChI=1S/C20H25N3O2/c24-20(25)19-13-22(12-18(19)15-6-2-1-3-7-15)11-17-10-21-14-23(17)16-8-4-5-9-16/h1-3,6-7,10,14,16,18-19H,4-5,8-9,11-13H2,(H,24,25)/t18-,19+/m0/s1. The van der Waals surface area contributed by atoms with Crippen LogP contribution in [0.15, 0.2) is 42.9 Å². The molecule has 1 saturated carbocycles. The van der Waals surface area contributed by atoms with E-state index in [4.69, 9.17) is 0 Å². The van der Waals surface area contributed by atoms with Gasteiger partial charge < -0.3 is 9.67 Å². The zero-order valence-electron chi connectivity index (χ0n) is 14.4. The number of likely N-dealkylation sites (tertiary alicyclic amines) is 1. The number of hydrogen-bond donors (Lipinski definition) is 1. The summed E-state index contributed by atoms with van der Waals surface area (Å²) in [7, 11) is 0. The zero-order chi connectivity index (χ0) is 17.2. The molecule has 2 aromatic rings. The smallest absolute Gasteiger partial charge is 0.308 e. The van der Waals surface area contributed by atoms with Crippen molar-refractivity contribution >= 4 is 5.97 Å². The van der Waals surface area contributed by atoms with Crippen LogP contribution in [0.25, 0.3) is 0 Å². The summed E-state index contributed by atoms with van der Waals surface area (Å²) in [5.41, 5.74) is 2.34. The molecule has 1 aromatic carbocycles. The number of nitrogens with zero attached hydrogens (tertiary/aromatic N) is 3. The number of benzene rings is 1. The third kappa shape index (κ3) is 3.33. The number of carboxylic acid groups (broad SMARTS) is 1. The van der Waals surface area contributed by atoms with Crippen molar-refractivity contribution in [1.82, 2.24) is 14.5 Å². The van der Waals surface area contributed by atoms with Crippen LogP contribution < -0.4 is 0 Å². The third-order valence-electron chi connectivity index (χ3n) is 5.79. The predicted octanol–water partition coefficient (Wildman–Crippen LogP) is 3.30. The van der Waals surface area contributed by atoms with Gasteiger partial charge in [-0.25, -0.2) is 4.98 Å². The van der Waals surface area contributed by atoms with Gasteiger partial charge in [-0.3, -0.25) is 9.69 Å². The first-order chi connectivity index (χ1) is 12.2. The number of imidazole rings is 1. The van der Waals surface area contributed by atoms with E-state index in [2.05, 4.69) is 14.5 Å². The van der Waals surface area contributed by atoms with Crippen LogP contribution in [0.2, 0.25) is 0 Å². The van der Waals surface area contributed by atoms with E-state index >= 15 is 0 Å². The summed E-state index contributed by atoms with van der Waals surface area (Å²) < 4.78 is 2.32. The molecule has 1 aromatic heterocycles. The van der Waals surface area contributed by atoms with Crippen molar-refractivity contribution < 1.29 is 9.90 Å². The van der Waals surface area contributed by atoms with Gasteiger partial charge in [0, 0.05) is 37.8 Å². The van der Waals surface area contributed by atoms with E-state index in [1.807, 2.05) is 42.9 Å². The van der Waals surface area contributed by atoms with E-state index < -0.39 is 5.97 Å². The zero-order valence-corrected chi connectivity index (χ0v) is 14.4. The fourth-order valence-electron chi connectivity index (χ4n) is 4.50. The molecule has 5 nitrogen and oxygen atoms in total. The van der Waals surface area contributed by atoms with E-state index in [0.717, 1.165) is 18.7 Å². The van der Waals surface area contributed by atoms with Gasteiger partial charge in [-0.15, -0.1) is 0 Å². The van der Waals surface area contributed by atoms with Crippen molar-refractivity contribution in [1.29, 1.82) is 0 Å². The van der Waals surface area contributed by atoms with Crippen molar-refractivity contribution in [3.8, 4) is 0 Å². The molecule has 0 bridgehead atoms. The Bertz CT molecular complexity index is 722. The molecule has 1 aliphatic heterocycles. The summed E-state index contributed by atoms with van der Waals surface area (Å²) in [4.78, 5) is 18.4. The first-order valence-electron chi connectivity index (χ1n) is 9.23. The van der Waals surface area contributed by atoms with E-state index in [9.17, 15) is 9.90 Å². The Balaban J connectivity index is 1.51. The van der Waals surface area contributed by atoms with Crippen LogP contribution in [-0.4, -0.2) is 38.6 Å². The van der Waals surface area contributed by atoms with Gasteiger partial charge in [0.05, 0.1) is 17.9 Å². The Morgan fingerprint density at radius 3 is 2.64 bits per heavy atom. The van der Waals surface area contributed by atoms with Crippen molar-refractivity contribution in [3.63, 3.8) is 0 Å². The van der Waals surface area contributed by atoms with Crippen molar-refractivity contribution in [3.05, 3.63) is 54.1 Å². The van der Waals surface area contributed by atoms with Gasteiger partial charge in [0.25, 0.3) is 0 Å². The van der Waals surface area contributed by atoms with E-state index in [1.165, 1.54) is 31.4 Å². The number of hydrogen-bond acceptors (Lipinski definition) is 3. The van der Waals surface area contributed by atoms with Crippen LogP contribution in [0.4, 0.5) is 0 Å². The Kier molecular flexibility index (Phi) is 4.57. The highest BCUT2D eigenvalue weighted by molar-refractivity contribution is 5.72. The topological polar surface area (TPSA) is 58.4 Å². The molecule has 0 unspecified atom stereocenters. The van der Waals surface area contributed by atoms with E-state index in [0.29, 0.717) is 12.6 Å². The molecular formula is C20H25N3O2. The highest BCUT2D eigenvalue weighted by Crippen LogP contribution is 2.35. The van der Waals surface area contributed by atoms with Crippen LogP contribution in [0.5, 0.6) is 0 Å². The highest BCUT2D eigenvalue weighted by Gasteiger charge is 2.38. The van der Waals surface area contributed by atoms with Gasteiger partial charge in [0.15, 0.2) is 0 Å². The molecule has 0 radical (unpaired) electrons. The van der Waals surface area contributed by atoms with Gasteiger partial charge >= 0.3 is 5.97 Å². The van der Waals surface area contributed by atoms with E-state index in [-0.39, 0.29) is 11.8 Å². The van der Waals surface area contributed by atoms with Crippen molar-refractivity contribution in [2.45, 2.75) is 44.2 Å². The lowest BCUT2D eigenvalue weighted by atomic mass is 9.89. The Hall–Kier alpha value is -2.14.